The number of piperidine rings is 1. The number of hydrogen-bond acceptors (Lipinski definition) is 6. The first-order valence-corrected chi connectivity index (χ1v) is 18.1. The van der Waals surface area contributed by atoms with Gasteiger partial charge in [0.05, 0.1) is 40.6 Å². The molecule has 2 heterocycles. The van der Waals surface area contributed by atoms with Gasteiger partial charge in [-0.3, -0.25) is 4.90 Å². The molecule has 1 aliphatic carbocycles. The average molecular weight is 636 g/mol. The molecule has 232 valence electrons. The maximum atomic E-state index is 15.3. The van der Waals surface area contributed by atoms with Crippen molar-refractivity contribution < 1.29 is 26.9 Å². The molecule has 5 nitrogen and oxygen atoms in total. The number of methoxy groups -OCH3 is 1. The van der Waals surface area contributed by atoms with Crippen molar-refractivity contribution in [3.8, 4) is 17.6 Å². The average Bonchev–Trinajstić information content (AvgIpc) is 3.64. The molecule has 43 heavy (non-hydrogen) atoms. The Hall–Kier alpha value is -2.73. The normalized spacial score (nSPS) is 20.7. The summed E-state index contributed by atoms with van der Waals surface area (Å²) in [5.74, 6) is 6.32. The SMILES string of the molecule is COc1cc(P(C)(C)=O)ccc1NCC#Cc1sc2c(NC3CCN(C4CCCC4)CC3F)cccc2c1C(F)C(F)F. The van der Waals surface area contributed by atoms with Crippen LogP contribution >= 0.6 is 18.5 Å². The van der Waals surface area contributed by atoms with Gasteiger partial charge in [-0.2, -0.15) is 0 Å². The van der Waals surface area contributed by atoms with Gasteiger partial charge < -0.3 is 19.9 Å². The van der Waals surface area contributed by atoms with Gasteiger partial charge in [0, 0.05) is 35.4 Å². The van der Waals surface area contributed by atoms with Crippen molar-refractivity contribution >= 4 is 45.2 Å². The van der Waals surface area contributed by atoms with Crippen molar-refractivity contribution in [1.82, 2.24) is 4.90 Å². The lowest BCUT2D eigenvalue weighted by Crippen LogP contribution is -2.50. The van der Waals surface area contributed by atoms with E-state index in [2.05, 4.69) is 27.4 Å². The van der Waals surface area contributed by atoms with E-state index in [9.17, 15) is 17.7 Å². The van der Waals surface area contributed by atoms with E-state index in [4.69, 9.17) is 4.74 Å². The molecule has 0 bridgehead atoms. The molecule has 11 heteroatoms. The van der Waals surface area contributed by atoms with Crippen molar-refractivity contribution in [3.63, 3.8) is 0 Å². The Kier molecular flexibility index (Phi) is 9.95. The van der Waals surface area contributed by atoms with Gasteiger partial charge in [-0.05, 0) is 56.9 Å². The number of nitrogens with one attached hydrogen (secondary N) is 2. The van der Waals surface area contributed by atoms with Gasteiger partial charge in [-0.25, -0.2) is 17.6 Å². The number of hydrogen-bond donors (Lipinski definition) is 2. The molecule has 2 aromatic carbocycles. The number of anilines is 2. The maximum Gasteiger partial charge on any atom is 0.273 e. The van der Waals surface area contributed by atoms with Crippen molar-refractivity contribution in [2.45, 2.75) is 63.0 Å². The van der Waals surface area contributed by atoms with Crippen LogP contribution in [0.4, 0.5) is 28.9 Å². The molecule has 3 atom stereocenters. The highest BCUT2D eigenvalue weighted by atomic mass is 32.1. The van der Waals surface area contributed by atoms with E-state index < -0.39 is 32.0 Å². The van der Waals surface area contributed by atoms with Crippen LogP contribution in [0.2, 0.25) is 0 Å². The molecule has 1 saturated carbocycles. The predicted octanol–water partition coefficient (Wildman–Crippen LogP) is 7.66. The van der Waals surface area contributed by atoms with E-state index in [-0.39, 0.29) is 17.0 Å². The summed E-state index contributed by atoms with van der Waals surface area (Å²) in [4.78, 5) is 2.47. The molecular formula is C32H38F4N3O2PS. The number of alkyl halides is 4. The summed E-state index contributed by atoms with van der Waals surface area (Å²) < 4.78 is 76.1. The Labute approximate surface area is 254 Å². The Bertz CT molecular complexity index is 1540. The fourth-order valence-electron chi connectivity index (χ4n) is 6.06. The summed E-state index contributed by atoms with van der Waals surface area (Å²) in [6.07, 6.45) is -1.52. The molecule has 1 aromatic heterocycles. The first-order valence-electron chi connectivity index (χ1n) is 14.7. The second-order valence-electron chi connectivity index (χ2n) is 11.6. The minimum Gasteiger partial charge on any atom is -0.495 e. The third-order valence-electron chi connectivity index (χ3n) is 8.38. The zero-order valence-electron chi connectivity index (χ0n) is 24.6. The minimum atomic E-state index is -3.21. The van der Waals surface area contributed by atoms with E-state index in [1.165, 1.54) is 20.0 Å². The first-order chi connectivity index (χ1) is 20.6. The summed E-state index contributed by atoms with van der Waals surface area (Å²) in [5, 5.41) is 7.48. The van der Waals surface area contributed by atoms with Crippen LogP contribution in [-0.2, 0) is 4.57 Å². The Morgan fingerprint density at radius 3 is 2.56 bits per heavy atom. The molecule has 0 spiro atoms. The highest BCUT2D eigenvalue weighted by Gasteiger charge is 2.34. The van der Waals surface area contributed by atoms with Crippen molar-refractivity contribution in [2.24, 2.45) is 0 Å². The van der Waals surface area contributed by atoms with Gasteiger partial charge in [0.2, 0.25) is 0 Å². The van der Waals surface area contributed by atoms with Crippen LogP contribution in [0.15, 0.2) is 36.4 Å². The molecule has 5 rings (SSSR count). The number of fused-ring (bicyclic) bond motifs is 1. The van der Waals surface area contributed by atoms with Crippen LogP contribution in [0.3, 0.4) is 0 Å². The Morgan fingerprint density at radius 1 is 1.12 bits per heavy atom. The smallest absolute Gasteiger partial charge is 0.273 e. The van der Waals surface area contributed by atoms with Crippen LogP contribution < -0.4 is 20.7 Å². The summed E-state index contributed by atoms with van der Waals surface area (Å²) in [7, 11) is -0.963. The predicted molar refractivity (Wildman–Crippen MR) is 170 cm³/mol. The summed E-state index contributed by atoms with van der Waals surface area (Å²) in [6, 6.07) is 10.4. The van der Waals surface area contributed by atoms with E-state index in [1.54, 1.807) is 49.7 Å². The molecule has 3 unspecified atom stereocenters. The van der Waals surface area contributed by atoms with Crippen molar-refractivity contribution in [1.29, 1.82) is 0 Å². The summed E-state index contributed by atoms with van der Waals surface area (Å²) in [6.45, 7) is 4.67. The summed E-state index contributed by atoms with van der Waals surface area (Å²) >= 11 is 1.14. The molecule has 0 radical (unpaired) electrons. The standard InChI is InChI=1S/C32H38F4N3O2PS/c1-41-27-18-21(42(2,3)40)13-14-25(27)37-16-7-12-28-29(30(34)32(35)36)22-10-6-11-26(31(22)43-28)38-24-15-17-39(19-23(24)33)20-8-4-5-9-20/h6,10-11,13-14,18,20,23-24,30,32,37-38H,4-5,8-9,15-17,19H2,1-3H3. The van der Waals surface area contributed by atoms with Crippen LogP contribution in [0.5, 0.6) is 5.75 Å². The number of nitrogens with zero attached hydrogens (tertiary/aromatic N) is 1. The van der Waals surface area contributed by atoms with E-state index in [0.717, 1.165) is 30.7 Å². The number of ether oxygens (including phenoxy) is 1. The van der Waals surface area contributed by atoms with Gasteiger partial charge in [0.1, 0.15) is 19.1 Å². The minimum absolute atomic E-state index is 0.137. The van der Waals surface area contributed by atoms with Crippen molar-refractivity contribution in [2.75, 3.05) is 50.7 Å². The molecule has 0 amide bonds. The highest BCUT2D eigenvalue weighted by Crippen LogP contribution is 2.43. The van der Waals surface area contributed by atoms with Gasteiger partial charge in [-0.15, -0.1) is 11.3 Å². The third-order valence-corrected chi connectivity index (χ3v) is 11.1. The molecule has 2 N–H and O–H groups in total. The molecule has 2 fully saturated rings. The van der Waals surface area contributed by atoms with Gasteiger partial charge >= 0.3 is 0 Å². The fourth-order valence-corrected chi connectivity index (χ4v) is 8.11. The lowest BCUT2D eigenvalue weighted by molar-refractivity contribution is 0.0504. The van der Waals surface area contributed by atoms with Gasteiger partial charge in [0.25, 0.3) is 6.43 Å². The number of rotatable bonds is 9. The molecule has 1 aliphatic heterocycles. The first kappa shape index (κ1) is 31.7. The Morgan fingerprint density at radius 2 is 1.88 bits per heavy atom. The monoisotopic (exact) mass is 635 g/mol. The lowest BCUT2D eigenvalue weighted by Gasteiger charge is -2.38. The molecular weight excluding hydrogens is 597 g/mol. The maximum absolute atomic E-state index is 15.3. The number of benzene rings is 2. The zero-order valence-corrected chi connectivity index (χ0v) is 26.3. The van der Waals surface area contributed by atoms with E-state index >= 15 is 4.39 Å². The third kappa shape index (κ3) is 7.16. The van der Waals surface area contributed by atoms with E-state index in [0.29, 0.717) is 51.5 Å². The quantitative estimate of drug-likeness (QED) is 0.144. The van der Waals surface area contributed by atoms with Crippen LogP contribution in [0, 0.1) is 11.8 Å². The van der Waals surface area contributed by atoms with Gasteiger partial charge in [-0.1, -0.05) is 36.8 Å². The zero-order chi connectivity index (χ0) is 30.7. The van der Waals surface area contributed by atoms with Gasteiger partial charge in [0.15, 0.2) is 6.17 Å². The molecule has 1 saturated heterocycles. The second-order valence-corrected chi connectivity index (χ2v) is 15.9. The fraction of sp³-hybridized carbons (Fsp3) is 0.500. The lowest BCUT2D eigenvalue weighted by atomic mass is 9.99. The van der Waals surface area contributed by atoms with E-state index in [1.807, 2.05) is 0 Å². The number of halogens is 4. The highest BCUT2D eigenvalue weighted by molar-refractivity contribution is 7.70. The van der Waals surface area contributed by atoms with Crippen LogP contribution in [0.1, 0.15) is 48.7 Å². The molecule has 3 aromatic rings. The largest absolute Gasteiger partial charge is 0.495 e. The second kappa shape index (κ2) is 13.5. The molecule has 2 aliphatic rings. The number of thiophene rings is 1. The topological polar surface area (TPSA) is 53.6 Å². The van der Waals surface area contributed by atoms with Crippen molar-refractivity contribution in [3.05, 3.63) is 46.8 Å². The Balaban J connectivity index is 1.36. The number of likely N-dealkylation sites (tertiary alicyclic amines) is 1. The van der Waals surface area contributed by atoms with Crippen LogP contribution in [0.25, 0.3) is 10.1 Å². The van der Waals surface area contributed by atoms with Crippen LogP contribution in [-0.4, -0.2) is 69.7 Å². The summed E-state index contributed by atoms with van der Waals surface area (Å²) in [5.41, 5.74) is 1.10.